The summed E-state index contributed by atoms with van der Waals surface area (Å²) in [7, 11) is 2.17. The first kappa shape index (κ1) is 20.9. The summed E-state index contributed by atoms with van der Waals surface area (Å²) in [6, 6.07) is 8.31. The molecule has 1 N–H and O–H groups in total. The smallest absolute Gasteiger partial charge is 0.270 e. The number of ether oxygens (including phenoxy) is 1. The fraction of sp³-hybridized carbons (Fsp3) is 0.417. The number of piperidine rings is 1. The van der Waals surface area contributed by atoms with Gasteiger partial charge < -0.3 is 15.0 Å². The van der Waals surface area contributed by atoms with E-state index in [0.29, 0.717) is 34.9 Å². The number of nitrogens with one attached hydrogen (secondary N) is 1. The Morgan fingerprint density at radius 3 is 2.53 bits per heavy atom. The number of imidazole rings is 1. The highest BCUT2D eigenvalue weighted by Gasteiger charge is 2.39. The molecule has 0 radical (unpaired) electrons. The van der Waals surface area contributed by atoms with Gasteiger partial charge in [-0.05, 0) is 63.9 Å². The maximum Gasteiger partial charge on any atom is 0.270 e. The largest absolute Gasteiger partial charge is 0.485 e. The van der Waals surface area contributed by atoms with Crippen molar-refractivity contribution in [1.82, 2.24) is 19.6 Å². The van der Waals surface area contributed by atoms with Gasteiger partial charge in [0.1, 0.15) is 23.9 Å². The van der Waals surface area contributed by atoms with E-state index in [0.717, 1.165) is 12.8 Å². The van der Waals surface area contributed by atoms with Gasteiger partial charge in [-0.3, -0.25) is 9.20 Å². The van der Waals surface area contributed by atoms with Crippen LogP contribution in [0.2, 0.25) is 0 Å². The highest BCUT2D eigenvalue weighted by atomic mass is 19.1. The zero-order chi connectivity index (χ0) is 22.4. The lowest BCUT2D eigenvalue weighted by Gasteiger charge is -2.36. The maximum absolute atomic E-state index is 14.0. The number of aromatic nitrogens is 2. The summed E-state index contributed by atoms with van der Waals surface area (Å²) < 4.78 is 35.3. The van der Waals surface area contributed by atoms with Crippen LogP contribution in [-0.2, 0) is 6.61 Å². The number of carbonyl (C=O) groups is 1. The summed E-state index contributed by atoms with van der Waals surface area (Å²) in [5, 5.41) is 3.20. The van der Waals surface area contributed by atoms with E-state index < -0.39 is 11.6 Å². The lowest BCUT2D eigenvalue weighted by Crippen LogP contribution is -2.49. The molecule has 0 saturated carbocycles. The number of benzene rings is 1. The summed E-state index contributed by atoms with van der Waals surface area (Å²) in [5.41, 5.74) is 1.32. The fourth-order valence-corrected chi connectivity index (χ4v) is 5.15. The Hall–Kier alpha value is -3.00. The Morgan fingerprint density at radius 2 is 1.84 bits per heavy atom. The molecule has 0 aliphatic carbocycles. The van der Waals surface area contributed by atoms with Gasteiger partial charge in [0.25, 0.3) is 5.91 Å². The van der Waals surface area contributed by atoms with Crippen molar-refractivity contribution in [2.75, 3.05) is 7.05 Å². The number of hydrogen-bond donors (Lipinski definition) is 1. The zero-order valence-electron chi connectivity index (χ0n) is 18.1. The number of pyridine rings is 1. The van der Waals surface area contributed by atoms with Gasteiger partial charge in [0.05, 0.1) is 11.3 Å². The molecule has 1 aromatic carbocycles. The molecule has 4 heterocycles. The number of amides is 1. The molecule has 5 rings (SSSR count). The second kappa shape index (κ2) is 8.16. The van der Waals surface area contributed by atoms with Crippen molar-refractivity contribution in [2.24, 2.45) is 0 Å². The van der Waals surface area contributed by atoms with Gasteiger partial charge in [-0.15, -0.1) is 0 Å². The molecule has 0 spiro atoms. The number of fused-ring (bicyclic) bond motifs is 3. The maximum atomic E-state index is 14.0. The van der Waals surface area contributed by atoms with Crippen molar-refractivity contribution in [3.05, 3.63) is 65.1 Å². The predicted molar refractivity (Wildman–Crippen MR) is 116 cm³/mol. The third kappa shape index (κ3) is 3.62. The highest BCUT2D eigenvalue weighted by molar-refractivity contribution is 5.95. The minimum absolute atomic E-state index is 0.143. The second-order valence-corrected chi connectivity index (χ2v) is 8.79. The van der Waals surface area contributed by atoms with Crippen LogP contribution in [0, 0.1) is 18.6 Å². The van der Waals surface area contributed by atoms with E-state index >= 15 is 0 Å². The van der Waals surface area contributed by atoms with Gasteiger partial charge in [0, 0.05) is 24.3 Å². The minimum atomic E-state index is -0.663. The molecular formula is C24H26F2N4O2. The molecule has 2 aromatic heterocycles. The van der Waals surface area contributed by atoms with Crippen LogP contribution in [0.15, 0.2) is 36.5 Å². The van der Waals surface area contributed by atoms with E-state index in [4.69, 9.17) is 4.74 Å². The SMILES string of the molecule is Cc1nc2c(OCc3c(F)cccc3F)cccn2c1C(=O)NC1CC2CCC(C1)N2C. The standard InChI is InChI=1S/C24H26F2N4O2/c1-14-22(24(31)28-15-11-16-8-9-17(12-15)29(16)2)30-10-4-7-21(23(30)27-14)32-13-18-19(25)5-3-6-20(18)26/h3-7,10,15-17H,8-9,11-13H2,1-2H3,(H,28,31). The molecule has 6 nitrogen and oxygen atoms in total. The monoisotopic (exact) mass is 440 g/mol. The number of hydrogen-bond acceptors (Lipinski definition) is 4. The van der Waals surface area contributed by atoms with Crippen LogP contribution in [0.5, 0.6) is 5.75 Å². The topological polar surface area (TPSA) is 58.9 Å². The summed E-state index contributed by atoms with van der Waals surface area (Å²) >= 11 is 0. The van der Waals surface area contributed by atoms with E-state index in [2.05, 4.69) is 22.2 Å². The van der Waals surface area contributed by atoms with Crippen molar-refractivity contribution < 1.29 is 18.3 Å². The quantitative estimate of drug-likeness (QED) is 0.655. The molecule has 8 heteroatoms. The van der Waals surface area contributed by atoms with Gasteiger partial charge >= 0.3 is 0 Å². The summed E-state index contributed by atoms with van der Waals surface area (Å²) in [4.78, 5) is 20.1. The molecular weight excluding hydrogens is 414 g/mol. The number of halogens is 2. The van der Waals surface area contributed by atoms with Gasteiger partial charge in [0.2, 0.25) is 0 Å². The van der Waals surface area contributed by atoms with Crippen LogP contribution in [0.4, 0.5) is 8.78 Å². The Morgan fingerprint density at radius 1 is 1.16 bits per heavy atom. The molecule has 2 bridgehead atoms. The molecule has 1 amide bonds. The molecule has 2 aliphatic rings. The van der Waals surface area contributed by atoms with Crippen molar-refractivity contribution in [2.45, 2.75) is 57.3 Å². The summed E-state index contributed by atoms with van der Waals surface area (Å²) in [5.74, 6) is -1.14. The Labute approximate surface area is 185 Å². The van der Waals surface area contributed by atoms with Crippen molar-refractivity contribution in [3.8, 4) is 5.75 Å². The summed E-state index contributed by atoms with van der Waals surface area (Å²) in [6.45, 7) is 1.50. The normalized spacial score (nSPS) is 22.9. The van der Waals surface area contributed by atoms with Gasteiger partial charge in [-0.1, -0.05) is 6.07 Å². The molecule has 2 aliphatic heterocycles. The first-order valence-corrected chi connectivity index (χ1v) is 11.0. The minimum Gasteiger partial charge on any atom is -0.485 e. The first-order valence-electron chi connectivity index (χ1n) is 11.0. The lowest BCUT2D eigenvalue weighted by molar-refractivity contribution is 0.0876. The van der Waals surface area contributed by atoms with Gasteiger partial charge in [0.15, 0.2) is 11.4 Å². The fourth-order valence-electron chi connectivity index (χ4n) is 5.15. The average molecular weight is 440 g/mol. The first-order chi connectivity index (χ1) is 15.4. The van der Waals surface area contributed by atoms with Crippen molar-refractivity contribution >= 4 is 11.6 Å². The van der Waals surface area contributed by atoms with Crippen LogP contribution < -0.4 is 10.1 Å². The summed E-state index contributed by atoms with van der Waals surface area (Å²) in [6.07, 6.45) is 6.03. The molecule has 3 aromatic rings. The Balaban J connectivity index is 1.37. The zero-order valence-corrected chi connectivity index (χ0v) is 18.1. The van der Waals surface area contributed by atoms with Crippen molar-refractivity contribution in [3.63, 3.8) is 0 Å². The number of aryl methyl sites for hydroxylation is 1. The van der Waals surface area contributed by atoms with E-state index in [1.165, 1.54) is 31.0 Å². The second-order valence-electron chi connectivity index (χ2n) is 8.79. The Bertz CT molecular complexity index is 1140. The average Bonchev–Trinajstić information content (AvgIpc) is 3.18. The molecule has 2 saturated heterocycles. The molecule has 2 atom stereocenters. The van der Waals surface area contributed by atoms with Crippen molar-refractivity contribution in [1.29, 1.82) is 0 Å². The van der Waals surface area contributed by atoms with Crippen LogP contribution in [0.25, 0.3) is 5.65 Å². The predicted octanol–water partition coefficient (Wildman–Crippen LogP) is 3.85. The molecule has 32 heavy (non-hydrogen) atoms. The molecule has 2 unspecified atom stereocenters. The number of rotatable bonds is 5. The van der Waals surface area contributed by atoms with E-state index in [1.54, 1.807) is 29.7 Å². The highest BCUT2D eigenvalue weighted by Crippen LogP contribution is 2.34. The van der Waals surface area contributed by atoms with Crippen LogP contribution >= 0.6 is 0 Å². The number of nitrogens with zero attached hydrogens (tertiary/aromatic N) is 3. The van der Waals surface area contributed by atoms with Crippen LogP contribution in [0.3, 0.4) is 0 Å². The van der Waals surface area contributed by atoms with Crippen LogP contribution in [0.1, 0.15) is 47.4 Å². The molecule has 2 fully saturated rings. The van der Waals surface area contributed by atoms with Gasteiger partial charge in [-0.25, -0.2) is 13.8 Å². The van der Waals surface area contributed by atoms with Crippen LogP contribution in [-0.4, -0.2) is 45.4 Å². The number of carbonyl (C=O) groups excluding carboxylic acids is 1. The lowest BCUT2D eigenvalue weighted by atomic mass is 9.98. The van der Waals surface area contributed by atoms with Gasteiger partial charge in [-0.2, -0.15) is 0 Å². The van der Waals surface area contributed by atoms with E-state index in [-0.39, 0.29) is 24.1 Å². The Kier molecular flexibility index (Phi) is 5.33. The third-order valence-corrected chi connectivity index (χ3v) is 6.87. The third-order valence-electron chi connectivity index (χ3n) is 6.87. The molecule has 168 valence electrons. The van der Waals surface area contributed by atoms with E-state index in [1.807, 2.05) is 0 Å². The van der Waals surface area contributed by atoms with E-state index in [9.17, 15) is 13.6 Å².